The molecule has 1 aromatic carbocycles. The molecular weight excluding hydrogens is 348 g/mol. The summed E-state index contributed by atoms with van der Waals surface area (Å²) < 4.78 is 0. The summed E-state index contributed by atoms with van der Waals surface area (Å²) in [6, 6.07) is 8.16. The summed E-state index contributed by atoms with van der Waals surface area (Å²) in [5.74, 6) is -0.0691. The normalized spacial score (nSPS) is 18.5. The topological polar surface area (TPSA) is 61.0 Å². The number of aromatic amines is 1. The zero-order chi connectivity index (χ0) is 17.9. The van der Waals surface area contributed by atoms with E-state index in [1.54, 1.807) is 0 Å². The van der Waals surface area contributed by atoms with E-state index in [4.69, 9.17) is 11.6 Å². The third-order valence-corrected chi connectivity index (χ3v) is 5.82. The van der Waals surface area contributed by atoms with Gasteiger partial charge >= 0.3 is 0 Å². The number of carbonyl (C=O) groups is 1. The van der Waals surface area contributed by atoms with E-state index in [1.807, 2.05) is 12.1 Å². The Morgan fingerprint density at radius 1 is 1.15 bits per heavy atom. The molecule has 1 aliphatic carbocycles. The van der Waals surface area contributed by atoms with Crippen LogP contribution in [0.15, 0.2) is 24.3 Å². The fourth-order valence-corrected chi connectivity index (χ4v) is 4.28. The summed E-state index contributed by atoms with van der Waals surface area (Å²) in [6.45, 7) is 2.73. The van der Waals surface area contributed by atoms with Crippen molar-refractivity contribution < 1.29 is 4.79 Å². The molecule has 1 amide bonds. The van der Waals surface area contributed by atoms with E-state index in [-0.39, 0.29) is 11.9 Å². The number of benzene rings is 1. The van der Waals surface area contributed by atoms with Gasteiger partial charge in [-0.2, -0.15) is 5.10 Å². The lowest BCUT2D eigenvalue weighted by molar-refractivity contribution is 0.0918. The molecule has 26 heavy (non-hydrogen) atoms. The van der Waals surface area contributed by atoms with Gasteiger partial charge in [-0.25, -0.2) is 0 Å². The second-order valence-corrected chi connectivity index (χ2v) is 7.69. The number of carbonyl (C=O) groups excluding carboxylic acids is 1. The van der Waals surface area contributed by atoms with Crippen molar-refractivity contribution in [1.29, 1.82) is 0 Å². The lowest BCUT2D eigenvalue weighted by Crippen LogP contribution is -2.40. The van der Waals surface area contributed by atoms with Gasteiger partial charge in [0.25, 0.3) is 5.91 Å². The summed E-state index contributed by atoms with van der Waals surface area (Å²) in [7, 11) is 0. The molecular formula is C20H25ClN4O. The quantitative estimate of drug-likeness (QED) is 0.844. The maximum atomic E-state index is 12.7. The van der Waals surface area contributed by atoms with Gasteiger partial charge < -0.3 is 5.32 Å². The number of nitrogens with zero attached hydrogens (tertiary/aromatic N) is 2. The van der Waals surface area contributed by atoms with Gasteiger partial charge in [-0.05, 0) is 62.9 Å². The fourth-order valence-electron chi connectivity index (χ4n) is 4.15. The van der Waals surface area contributed by atoms with Crippen molar-refractivity contribution in [3.8, 4) is 0 Å². The van der Waals surface area contributed by atoms with Crippen LogP contribution in [0.4, 0.5) is 0 Å². The molecule has 1 aliphatic heterocycles. The number of nitrogens with one attached hydrogen (secondary N) is 2. The molecule has 2 N–H and O–H groups in total. The van der Waals surface area contributed by atoms with Crippen LogP contribution in [0.3, 0.4) is 0 Å². The zero-order valence-corrected chi connectivity index (χ0v) is 15.7. The molecule has 0 spiro atoms. The minimum Gasteiger partial charge on any atom is -0.349 e. The molecule has 1 unspecified atom stereocenters. The predicted octanol–water partition coefficient (Wildman–Crippen LogP) is 3.51. The van der Waals surface area contributed by atoms with Gasteiger partial charge in [0.15, 0.2) is 5.69 Å². The van der Waals surface area contributed by atoms with Crippen molar-refractivity contribution in [2.75, 3.05) is 19.6 Å². The average molecular weight is 373 g/mol. The second kappa shape index (κ2) is 7.80. The number of H-pyrrole nitrogens is 1. The van der Waals surface area contributed by atoms with Crippen molar-refractivity contribution >= 4 is 17.5 Å². The first-order chi connectivity index (χ1) is 12.7. The largest absolute Gasteiger partial charge is 0.349 e. The molecule has 1 saturated heterocycles. The molecule has 2 aliphatic rings. The number of amides is 1. The molecule has 2 aromatic rings. The Hall–Kier alpha value is -1.85. The highest BCUT2D eigenvalue weighted by Gasteiger charge is 2.26. The molecule has 1 atom stereocenters. The first kappa shape index (κ1) is 17.6. The number of piperidine rings is 1. The molecule has 0 radical (unpaired) electrons. The highest BCUT2D eigenvalue weighted by Crippen LogP contribution is 2.26. The van der Waals surface area contributed by atoms with Crippen molar-refractivity contribution in [2.24, 2.45) is 0 Å². The van der Waals surface area contributed by atoms with E-state index >= 15 is 0 Å². The van der Waals surface area contributed by atoms with Crippen LogP contribution in [0.1, 0.15) is 59.0 Å². The third kappa shape index (κ3) is 3.64. The van der Waals surface area contributed by atoms with Crippen molar-refractivity contribution in [1.82, 2.24) is 20.4 Å². The molecule has 1 fully saturated rings. The fraction of sp³-hybridized carbons (Fsp3) is 0.500. The number of aryl methyl sites for hydroxylation is 1. The maximum Gasteiger partial charge on any atom is 0.272 e. The molecule has 6 heteroatoms. The summed E-state index contributed by atoms with van der Waals surface area (Å²) in [5.41, 5.74) is 4.00. The lowest BCUT2D eigenvalue weighted by Gasteiger charge is -2.35. The molecule has 2 heterocycles. The minimum absolute atomic E-state index is 0.0691. The van der Waals surface area contributed by atoms with Crippen molar-refractivity contribution in [3.63, 3.8) is 0 Å². The Morgan fingerprint density at radius 3 is 2.69 bits per heavy atom. The van der Waals surface area contributed by atoms with Crippen LogP contribution in [0.2, 0.25) is 5.02 Å². The van der Waals surface area contributed by atoms with Crippen LogP contribution in [-0.2, 0) is 12.8 Å². The Balaban J connectivity index is 1.48. The third-order valence-electron chi connectivity index (χ3n) is 5.56. The Bertz CT molecular complexity index is 765. The van der Waals surface area contributed by atoms with Gasteiger partial charge in [0.05, 0.1) is 6.04 Å². The first-order valence-corrected chi connectivity index (χ1v) is 9.94. The summed E-state index contributed by atoms with van der Waals surface area (Å²) in [6.07, 6.45) is 6.76. The number of rotatable bonds is 5. The van der Waals surface area contributed by atoms with E-state index in [0.717, 1.165) is 48.6 Å². The highest BCUT2D eigenvalue weighted by atomic mass is 35.5. The number of likely N-dealkylation sites (tertiary alicyclic amines) is 1. The molecule has 4 rings (SSSR count). The Labute approximate surface area is 159 Å². The van der Waals surface area contributed by atoms with Crippen LogP contribution >= 0.6 is 11.6 Å². The maximum absolute atomic E-state index is 12.7. The molecule has 5 nitrogen and oxygen atoms in total. The Morgan fingerprint density at radius 2 is 1.92 bits per heavy atom. The molecule has 0 saturated carbocycles. The lowest BCUT2D eigenvalue weighted by atomic mass is 10.0. The molecule has 0 bridgehead atoms. The van der Waals surface area contributed by atoms with E-state index in [9.17, 15) is 4.79 Å². The van der Waals surface area contributed by atoms with Gasteiger partial charge in [-0.1, -0.05) is 30.2 Å². The zero-order valence-electron chi connectivity index (χ0n) is 14.9. The minimum atomic E-state index is -0.0691. The number of hydrogen-bond donors (Lipinski definition) is 2. The van der Waals surface area contributed by atoms with Crippen LogP contribution in [-0.4, -0.2) is 40.6 Å². The monoisotopic (exact) mass is 372 g/mol. The summed E-state index contributed by atoms with van der Waals surface area (Å²) in [5, 5.41) is 11.1. The van der Waals surface area contributed by atoms with Crippen LogP contribution in [0.25, 0.3) is 0 Å². The van der Waals surface area contributed by atoms with E-state index < -0.39 is 0 Å². The molecule has 1 aromatic heterocycles. The summed E-state index contributed by atoms with van der Waals surface area (Å²) in [4.78, 5) is 15.2. The van der Waals surface area contributed by atoms with Gasteiger partial charge in [0, 0.05) is 22.8 Å². The van der Waals surface area contributed by atoms with Crippen molar-refractivity contribution in [2.45, 2.75) is 44.6 Å². The van der Waals surface area contributed by atoms with Crippen molar-refractivity contribution in [3.05, 3.63) is 51.8 Å². The van der Waals surface area contributed by atoms with Gasteiger partial charge in [0.2, 0.25) is 0 Å². The number of halogens is 1. The summed E-state index contributed by atoms with van der Waals surface area (Å²) >= 11 is 6.06. The van der Waals surface area contributed by atoms with Gasteiger partial charge in [-0.15, -0.1) is 0 Å². The average Bonchev–Trinajstić information content (AvgIpc) is 3.27. The van der Waals surface area contributed by atoms with Gasteiger partial charge in [-0.3, -0.25) is 14.8 Å². The Kier molecular flexibility index (Phi) is 5.27. The highest BCUT2D eigenvalue weighted by molar-refractivity contribution is 6.30. The first-order valence-electron chi connectivity index (χ1n) is 9.56. The van der Waals surface area contributed by atoms with Crippen LogP contribution < -0.4 is 5.32 Å². The number of fused-ring (bicyclic) bond motifs is 1. The smallest absolute Gasteiger partial charge is 0.272 e. The molecule has 138 valence electrons. The van der Waals surface area contributed by atoms with Crippen LogP contribution in [0, 0.1) is 0 Å². The van der Waals surface area contributed by atoms with E-state index in [2.05, 4.69) is 32.5 Å². The number of hydrogen-bond acceptors (Lipinski definition) is 3. The predicted molar refractivity (Wildman–Crippen MR) is 103 cm³/mol. The number of aromatic nitrogens is 2. The second-order valence-electron chi connectivity index (χ2n) is 7.26. The van der Waals surface area contributed by atoms with E-state index in [0.29, 0.717) is 12.2 Å². The SMILES string of the molecule is O=C(NCC(c1ccc(Cl)cc1)N1CCCCC1)c1n[nH]c2c1CCC2. The van der Waals surface area contributed by atoms with E-state index in [1.165, 1.54) is 24.8 Å². The standard InChI is InChI=1S/C20H25ClN4O/c21-15-9-7-14(8-10-15)18(25-11-2-1-3-12-25)13-22-20(26)19-16-5-4-6-17(16)23-24-19/h7-10,18H,1-6,11-13H2,(H,22,26)(H,23,24). The van der Waals surface area contributed by atoms with Gasteiger partial charge in [0.1, 0.15) is 0 Å². The van der Waals surface area contributed by atoms with Crippen LogP contribution in [0.5, 0.6) is 0 Å².